The quantitative estimate of drug-likeness (QED) is 0.225. The molecule has 1 heterocycles. The van der Waals surface area contributed by atoms with Crippen molar-refractivity contribution in [3.05, 3.63) is 23.9 Å². The average molecular weight is 519 g/mol. The van der Waals surface area contributed by atoms with E-state index in [1.54, 1.807) is 25.3 Å². The Morgan fingerprint density at radius 2 is 2.00 bits per heavy atom. The van der Waals surface area contributed by atoms with Crippen molar-refractivity contribution in [1.29, 1.82) is 0 Å². The number of hydrogen-bond acceptors (Lipinski definition) is 5. The van der Waals surface area contributed by atoms with Crippen molar-refractivity contribution in [3.63, 3.8) is 0 Å². The third kappa shape index (κ3) is 7.29. The largest absolute Gasteiger partial charge is 0.475 e. The molecule has 0 saturated heterocycles. The summed E-state index contributed by atoms with van der Waals surface area (Å²) in [6.07, 6.45) is 5.70. The number of hydrogen-bond donors (Lipinski definition) is 2. The van der Waals surface area contributed by atoms with Gasteiger partial charge < -0.3 is 25.0 Å². The minimum absolute atomic E-state index is 0. The van der Waals surface area contributed by atoms with Crippen molar-refractivity contribution in [2.75, 3.05) is 48.0 Å². The Bertz CT molecular complexity index is 663. The van der Waals surface area contributed by atoms with E-state index in [1.165, 1.54) is 0 Å². The van der Waals surface area contributed by atoms with Gasteiger partial charge in [-0.3, -0.25) is 9.79 Å². The minimum atomic E-state index is -0.343. The molecule has 8 nitrogen and oxygen atoms in total. The van der Waals surface area contributed by atoms with Crippen molar-refractivity contribution < 1.29 is 14.3 Å². The van der Waals surface area contributed by atoms with E-state index in [2.05, 4.69) is 20.6 Å². The Balaban J connectivity index is 0.00000420. The molecular formula is C20H34IN5O3. The maximum absolute atomic E-state index is 12.7. The normalized spacial score (nSPS) is 15.4. The number of halogens is 1. The topological polar surface area (TPSA) is 88.1 Å². The van der Waals surface area contributed by atoms with Gasteiger partial charge in [-0.2, -0.15) is 0 Å². The second kappa shape index (κ2) is 12.8. The lowest BCUT2D eigenvalue weighted by molar-refractivity contribution is -0.138. The van der Waals surface area contributed by atoms with Crippen LogP contribution in [0, 0.1) is 5.41 Å². The molecule has 0 aromatic carbocycles. The fraction of sp³-hybridized carbons (Fsp3) is 0.650. The van der Waals surface area contributed by atoms with Crippen molar-refractivity contribution >= 4 is 35.8 Å². The number of aliphatic imine (C=N–C) groups is 1. The van der Waals surface area contributed by atoms with Crippen LogP contribution in [0.2, 0.25) is 0 Å². The number of nitrogens with one attached hydrogen (secondary N) is 2. The van der Waals surface area contributed by atoms with E-state index in [9.17, 15) is 4.79 Å². The van der Waals surface area contributed by atoms with Gasteiger partial charge >= 0.3 is 0 Å². The number of nitrogens with zero attached hydrogens (tertiary/aromatic N) is 3. The molecule has 164 valence electrons. The van der Waals surface area contributed by atoms with Crippen LogP contribution in [0.15, 0.2) is 23.3 Å². The van der Waals surface area contributed by atoms with Gasteiger partial charge in [-0.15, -0.1) is 24.0 Å². The highest BCUT2D eigenvalue weighted by Gasteiger charge is 2.42. The van der Waals surface area contributed by atoms with E-state index in [1.807, 2.05) is 26.2 Å². The Labute approximate surface area is 190 Å². The van der Waals surface area contributed by atoms with Crippen LogP contribution in [0.1, 0.15) is 31.2 Å². The molecule has 0 bridgehead atoms. The maximum atomic E-state index is 12.7. The van der Waals surface area contributed by atoms with Gasteiger partial charge in [0.25, 0.3) is 0 Å². The standard InChI is InChI=1S/C20H33N5O3.HI/c1-21-19(24-15-20(9-5-6-10-20)18(26)25(2)3)23-14-16-8-7-11-22-17(16)28-13-12-27-4;/h7-8,11H,5-6,9-10,12-15H2,1-4H3,(H2,21,23,24);1H. The lowest BCUT2D eigenvalue weighted by atomic mass is 9.84. The number of aromatic nitrogens is 1. The summed E-state index contributed by atoms with van der Waals surface area (Å²) >= 11 is 0. The SMILES string of the molecule is CN=C(NCc1cccnc1OCCOC)NCC1(C(=O)N(C)C)CCCC1.I. The summed E-state index contributed by atoms with van der Waals surface area (Å²) in [7, 11) is 7.01. The zero-order valence-electron chi connectivity index (χ0n) is 17.9. The Hall–Kier alpha value is -1.62. The average Bonchev–Trinajstić information content (AvgIpc) is 3.18. The summed E-state index contributed by atoms with van der Waals surface area (Å²) in [6, 6.07) is 3.84. The van der Waals surface area contributed by atoms with Gasteiger partial charge in [-0.1, -0.05) is 18.9 Å². The summed E-state index contributed by atoms with van der Waals surface area (Å²) in [6.45, 7) is 2.05. The molecule has 1 aromatic rings. The highest BCUT2D eigenvalue weighted by atomic mass is 127. The minimum Gasteiger partial charge on any atom is -0.475 e. The Morgan fingerprint density at radius 1 is 1.28 bits per heavy atom. The predicted octanol–water partition coefficient (Wildman–Crippen LogP) is 2.04. The third-order valence-electron chi connectivity index (χ3n) is 5.06. The Morgan fingerprint density at radius 3 is 2.62 bits per heavy atom. The maximum Gasteiger partial charge on any atom is 0.230 e. The first-order chi connectivity index (χ1) is 13.5. The van der Waals surface area contributed by atoms with Gasteiger partial charge in [0, 0.05) is 53.1 Å². The number of pyridine rings is 1. The summed E-state index contributed by atoms with van der Waals surface area (Å²) in [5.41, 5.74) is 0.589. The number of carbonyl (C=O) groups excluding carboxylic acids is 1. The molecule has 29 heavy (non-hydrogen) atoms. The van der Waals surface area contributed by atoms with Crippen molar-refractivity contribution in [1.82, 2.24) is 20.5 Å². The van der Waals surface area contributed by atoms with Gasteiger partial charge in [0.2, 0.25) is 11.8 Å². The van der Waals surface area contributed by atoms with Crippen molar-refractivity contribution in [2.45, 2.75) is 32.2 Å². The molecule has 1 fully saturated rings. The first-order valence-electron chi connectivity index (χ1n) is 9.74. The summed E-state index contributed by atoms with van der Waals surface area (Å²) < 4.78 is 10.7. The van der Waals surface area contributed by atoms with E-state index >= 15 is 0 Å². The second-order valence-corrected chi connectivity index (χ2v) is 7.28. The zero-order valence-corrected chi connectivity index (χ0v) is 20.2. The molecule has 1 saturated carbocycles. The fourth-order valence-corrected chi connectivity index (χ4v) is 3.56. The first-order valence-corrected chi connectivity index (χ1v) is 9.74. The molecule has 1 amide bonds. The number of methoxy groups -OCH3 is 1. The molecule has 0 radical (unpaired) electrons. The molecule has 0 atom stereocenters. The lowest BCUT2D eigenvalue weighted by Gasteiger charge is -2.31. The molecule has 2 rings (SSSR count). The summed E-state index contributed by atoms with van der Waals surface area (Å²) in [4.78, 5) is 23.0. The van der Waals surface area contributed by atoms with E-state index in [0.29, 0.717) is 38.1 Å². The molecule has 0 spiro atoms. The molecule has 1 aromatic heterocycles. The lowest BCUT2D eigenvalue weighted by Crippen LogP contribution is -2.49. The van der Waals surface area contributed by atoms with Crippen LogP contribution < -0.4 is 15.4 Å². The van der Waals surface area contributed by atoms with E-state index in [0.717, 1.165) is 31.2 Å². The van der Waals surface area contributed by atoms with Crippen LogP contribution in [0.25, 0.3) is 0 Å². The molecule has 2 N–H and O–H groups in total. The van der Waals surface area contributed by atoms with Gasteiger partial charge in [-0.05, 0) is 18.9 Å². The second-order valence-electron chi connectivity index (χ2n) is 7.28. The van der Waals surface area contributed by atoms with Gasteiger partial charge in [-0.25, -0.2) is 4.98 Å². The van der Waals surface area contributed by atoms with Crippen LogP contribution in [0.3, 0.4) is 0 Å². The highest BCUT2D eigenvalue weighted by Crippen LogP contribution is 2.38. The highest BCUT2D eigenvalue weighted by molar-refractivity contribution is 14.0. The third-order valence-corrected chi connectivity index (χ3v) is 5.06. The van der Waals surface area contributed by atoms with Crippen LogP contribution in [0.5, 0.6) is 5.88 Å². The van der Waals surface area contributed by atoms with Crippen molar-refractivity contribution in [3.8, 4) is 5.88 Å². The number of rotatable bonds is 9. The number of carbonyl (C=O) groups is 1. The summed E-state index contributed by atoms with van der Waals surface area (Å²) in [5.74, 6) is 1.43. The van der Waals surface area contributed by atoms with E-state index in [4.69, 9.17) is 9.47 Å². The van der Waals surface area contributed by atoms with Crippen LogP contribution >= 0.6 is 24.0 Å². The monoisotopic (exact) mass is 519 g/mol. The Kier molecular flexibility index (Phi) is 11.3. The molecule has 0 aliphatic heterocycles. The van der Waals surface area contributed by atoms with Crippen LogP contribution in [0.4, 0.5) is 0 Å². The first kappa shape index (κ1) is 25.4. The smallest absolute Gasteiger partial charge is 0.230 e. The van der Waals surface area contributed by atoms with Crippen LogP contribution in [-0.4, -0.2) is 69.8 Å². The molecule has 1 aliphatic carbocycles. The zero-order chi connectivity index (χ0) is 20.4. The molecule has 1 aliphatic rings. The van der Waals surface area contributed by atoms with E-state index in [-0.39, 0.29) is 35.3 Å². The molecule has 0 unspecified atom stereocenters. The summed E-state index contributed by atoms with van der Waals surface area (Å²) in [5, 5.41) is 6.63. The van der Waals surface area contributed by atoms with Gasteiger partial charge in [0.15, 0.2) is 5.96 Å². The van der Waals surface area contributed by atoms with Gasteiger partial charge in [0.1, 0.15) is 6.61 Å². The number of guanidine groups is 1. The van der Waals surface area contributed by atoms with Crippen LogP contribution in [-0.2, 0) is 16.1 Å². The van der Waals surface area contributed by atoms with E-state index < -0.39 is 0 Å². The van der Waals surface area contributed by atoms with Crippen molar-refractivity contribution in [2.24, 2.45) is 10.4 Å². The number of amides is 1. The molecular weight excluding hydrogens is 485 g/mol. The fourth-order valence-electron chi connectivity index (χ4n) is 3.56. The molecule has 9 heteroatoms. The number of ether oxygens (including phenoxy) is 2. The van der Waals surface area contributed by atoms with Gasteiger partial charge in [0.05, 0.1) is 12.0 Å². The predicted molar refractivity (Wildman–Crippen MR) is 125 cm³/mol.